The average molecular weight is 454 g/mol. The second-order valence-corrected chi connectivity index (χ2v) is 9.54. The lowest BCUT2D eigenvalue weighted by Crippen LogP contribution is -2.17. The van der Waals surface area contributed by atoms with E-state index in [2.05, 4.69) is 0 Å². The SMILES string of the molecule is CC(=O)CCc1c(-c2ccccc2)c2cc(F)c(F)cc2n1S(=O)(=O)c1ccc(C)cc1. The van der Waals surface area contributed by atoms with E-state index in [1.165, 1.54) is 19.1 Å². The highest BCUT2D eigenvalue weighted by atomic mass is 32.2. The lowest BCUT2D eigenvalue weighted by atomic mass is 9.99. The second kappa shape index (κ2) is 8.31. The van der Waals surface area contributed by atoms with Crippen molar-refractivity contribution in [1.82, 2.24) is 3.97 Å². The molecule has 0 bridgehead atoms. The van der Waals surface area contributed by atoms with E-state index in [4.69, 9.17) is 0 Å². The first-order chi connectivity index (χ1) is 15.2. The van der Waals surface area contributed by atoms with Gasteiger partial charge in [-0.1, -0.05) is 48.0 Å². The van der Waals surface area contributed by atoms with E-state index in [1.54, 1.807) is 42.5 Å². The molecule has 0 fully saturated rings. The summed E-state index contributed by atoms with van der Waals surface area (Å²) in [7, 11) is -4.16. The van der Waals surface area contributed by atoms with E-state index >= 15 is 0 Å². The molecule has 0 aliphatic carbocycles. The van der Waals surface area contributed by atoms with Gasteiger partial charge in [0, 0.05) is 29.1 Å². The number of nitrogens with zero attached hydrogens (tertiary/aromatic N) is 1. The van der Waals surface area contributed by atoms with Gasteiger partial charge < -0.3 is 4.79 Å². The Morgan fingerprint density at radius 1 is 0.938 bits per heavy atom. The van der Waals surface area contributed by atoms with Crippen molar-refractivity contribution in [1.29, 1.82) is 0 Å². The highest BCUT2D eigenvalue weighted by Gasteiger charge is 2.28. The van der Waals surface area contributed by atoms with Gasteiger partial charge in [0.05, 0.1) is 10.4 Å². The predicted octanol–water partition coefficient (Wildman–Crippen LogP) is 5.65. The highest BCUT2D eigenvalue weighted by molar-refractivity contribution is 7.90. The number of carbonyl (C=O) groups is 1. The molecule has 0 aliphatic rings. The summed E-state index contributed by atoms with van der Waals surface area (Å²) in [5, 5.41) is 0.268. The molecule has 1 heterocycles. The first-order valence-corrected chi connectivity index (χ1v) is 11.5. The number of halogens is 2. The zero-order valence-electron chi connectivity index (χ0n) is 17.6. The fourth-order valence-corrected chi connectivity index (χ4v) is 5.42. The van der Waals surface area contributed by atoms with Crippen LogP contribution in [0.4, 0.5) is 8.78 Å². The number of rotatable bonds is 6. The molecule has 0 atom stereocenters. The fourth-order valence-electron chi connectivity index (χ4n) is 3.85. The Hall–Kier alpha value is -3.32. The molecule has 0 unspecified atom stereocenters. The number of fused-ring (bicyclic) bond motifs is 1. The van der Waals surface area contributed by atoms with Crippen LogP contribution in [0.1, 0.15) is 24.6 Å². The van der Waals surface area contributed by atoms with Crippen molar-refractivity contribution in [2.75, 3.05) is 0 Å². The lowest BCUT2D eigenvalue weighted by molar-refractivity contribution is -0.117. The first-order valence-electron chi connectivity index (χ1n) is 10.1. The molecule has 164 valence electrons. The maximum Gasteiger partial charge on any atom is 0.268 e. The Morgan fingerprint density at radius 2 is 1.56 bits per heavy atom. The normalized spacial score (nSPS) is 11.8. The number of hydrogen-bond donors (Lipinski definition) is 0. The lowest BCUT2D eigenvalue weighted by Gasteiger charge is -2.13. The van der Waals surface area contributed by atoms with Gasteiger partial charge in [0.15, 0.2) is 11.6 Å². The van der Waals surface area contributed by atoms with Gasteiger partial charge in [0.1, 0.15) is 5.78 Å². The Labute approximate surface area is 185 Å². The van der Waals surface area contributed by atoms with Crippen LogP contribution in [0.25, 0.3) is 22.0 Å². The summed E-state index contributed by atoms with van der Waals surface area (Å²) in [6, 6.07) is 17.1. The van der Waals surface area contributed by atoms with Crippen molar-refractivity contribution < 1.29 is 22.0 Å². The van der Waals surface area contributed by atoms with Crippen LogP contribution >= 0.6 is 0 Å². The van der Waals surface area contributed by atoms with Crippen molar-refractivity contribution in [3.8, 4) is 11.1 Å². The quantitative estimate of drug-likeness (QED) is 0.379. The van der Waals surface area contributed by atoms with Crippen LogP contribution in [0, 0.1) is 18.6 Å². The number of carbonyl (C=O) groups excluding carboxylic acids is 1. The van der Waals surface area contributed by atoms with Crippen molar-refractivity contribution in [3.63, 3.8) is 0 Å². The molecule has 1 aromatic heterocycles. The number of aryl methyl sites for hydroxylation is 1. The van der Waals surface area contributed by atoms with E-state index in [1.807, 2.05) is 6.92 Å². The average Bonchev–Trinajstić information content (AvgIpc) is 3.07. The standard InChI is InChI=1S/C25H21F2NO3S/c1-16-8-11-19(12-9-16)32(30,31)28-23(13-10-17(2)29)25(18-6-4-3-5-7-18)20-14-21(26)22(27)15-24(20)28/h3-9,11-12,14-15H,10,13H2,1-2H3. The summed E-state index contributed by atoms with van der Waals surface area (Å²) in [5.74, 6) is -2.34. The van der Waals surface area contributed by atoms with Gasteiger partial charge in [-0.25, -0.2) is 21.2 Å². The number of Topliss-reactive ketones (excluding diaryl/α,β-unsaturated/α-hetero) is 1. The van der Waals surface area contributed by atoms with Crippen molar-refractivity contribution in [2.45, 2.75) is 31.6 Å². The minimum absolute atomic E-state index is 0.0217. The van der Waals surface area contributed by atoms with E-state index in [-0.39, 0.29) is 34.4 Å². The molecule has 0 amide bonds. The molecule has 7 heteroatoms. The molecule has 0 N–H and O–H groups in total. The van der Waals surface area contributed by atoms with Crippen LogP contribution in [0.5, 0.6) is 0 Å². The van der Waals surface area contributed by atoms with E-state index < -0.39 is 21.7 Å². The third-order valence-corrected chi connectivity index (χ3v) is 7.16. The van der Waals surface area contributed by atoms with Gasteiger partial charge in [-0.05, 0) is 44.0 Å². The van der Waals surface area contributed by atoms with Gasteiger partial charge in [-0.3, -0.25) is 0 Å². The molecule has 0 spiro atoms. The summed E-state index contributed by atoms with van der Waals surface area (Å²) in [6.45, 7) is 3.26. The van der Waals surface area contributed by atoms with Gasteiger partial charge >= 0.3 is 0 Å². The number of benzene rings is 3. The molecule has 4 rings (SSSR count). The van der Waals surface area contributed by atoms with Crippen LogP contribution in [-0.4, -0.2) is 18.2 Å². The van der Waals surface area contributed by atoms with Crippen molar-refractivity contribution in [2.24, 2.45) is 0 Å². The van der Waals surface area contributed by atoms with Crippen LogP contribution in [-0.2, 0) is 21.2 Å². The molecule has 3 aromatic carbocycles. The van der Waals surface area contributed by atoms with Gasteiger partial charge in [-0.2, -0.15) is 0 Å². The Balaban J connectivity index is 2.13. The highest BCUT2D eigenvalue weighted by Crippen LogP contribution is 2.39. The minimum Gasteiger partial charge on any atom is -0.300 e. The molecule has 4 aromatic rings. The Bertz CT molecular complexity index is 1420. The second-order valence-electron chi connectivity index (χ2n) is 7.76. The first kappa shape index (κ1) is 21.9. The summed E-state index contributed by atoms with van der Waals surface area (Å²) in [4.78, 5) is 11.8. The van der Waals surface area contributed by atoms with E-state index in [0.29, 0.717) is 16.8 Å². The van der Waals surface area contributed by atoms with Crippen LogP contribution in [0.15, 0.2) is 71.6 Å². The van der Waals surface area contributed by atoms with E-state index in [0.717, 1.165) is 21.7 Å². The van der Waals surface area contributed by atoms with Gasteiger partial charge in [-0.15, -0.1) is 0 Å². The third kappa shape index (κ3) is 3.84. The molecule has 4 nitrogen and oxygen atoms in total. The zero-order valence-corrected chi connectivity index (χ0v) is 18.4. The largest absolute Gasteiger partial charge is 0.300 e. The molecule has 0 saturated heterocycles. The zero-order chi connectivity index (χ0) is 23.0. The van der Waals surface area contributed by atoms with Crippen molar-refractivity contribution >= 4 is 26.7 Å². The van der Waals surface area contributed by atoms with Crippen molar-refractivity contribution in [3.05, 3.63) is 89.6 Å². The maximum atomic E-state index is 14.3. The summed E-state index contributed by atoms with van der Waals surface area (Å²) in [5.41, 5.74) is 2.35. The molecule has 0 saturated carbocycles. The molecule has 0 radical (unpaired) electrons. The maximum absolute atomic E-state index is 14.3. The summed E-state index contributed by atoms with van der Waals surface area (Å²) < 4.78 is 57.1. The fraction of sp³-hybridized carbons (Fsp3) is 0.160. The monoisotopic (exact) mass is 453 g/mol. The third-order valence-electron chi connectivity index (χ3n) is 5.40. The molecular weight excluding hydrogens is 432 g/mol. The van der Waals surface area contributed by atoms with Crippen LogP contribution < -0.4 is 0 Å². The van der Waals surface area contributed by atoms with Gasteiger partial charge in [0.2, 0.25) is 0 Å². The summed E-state index contributed by atoms with van der Waals surface area (Å²) in [6.07, 6.45) is 0.188. The van der Waals surface area contributed by atoms with E-state index in [9.17, 15) is 22.0 Å². The van der Waals surface area contributed by atoms with Crippen LogP contribution in [0.2, 0.25) is 0 Å². The van der Waals surface area contributed by atoms with Gasteiger partial charge in [0.25, 0.3) is 10.0 Å². The smallest absolute Gasteiger partial charge is 0.268 e. The molecular formula is C25H21F2NO3S. The molecule has 0 aliphatic heterocycles. The molecule has 32 heavy (non-hydrogen) atoms. The number of ketones is 1. The minimum atomic E-state index is -4.16. The number of aromatic nitrogens is 1. The number of hydrogen-bond acceptors (Lipinski definition) is 3. The van der Waals surface area contributed by atoms with Crippen LogP contribution in [0.3, 0.4) is 0 Å². The topological polar surface area (TPSA) is 56.1 Å². The Morgan fingerprint density at radius 3 is 2.19 bits per heavy atom. The Kier molecular flexibility index (Phi) is 5.69. The summed E-state index contributed by atoms with van der Waals surface area (Å²) >= 11 is 0. The predicted molar refractivity (Wildman–Crippen MR) is 120 cm³/mol.